The monoisotopic (exact) mass is 327 g/mol. The van der Waals surface area contributed by atoms with E-state index in [4.69, 9.17) is 11.6 Å². The van der Waals surface area contributed by atoms with Gasteiger partial charge in [0.05, 0.1) is 16.8 Å². The summed E-state index contributed by atoms with van der Waals surface area (Å²) in [5, 5.41) is 24.1. The van der Waals surface area contributed by atoms with Crippen LogP contribution in [0.15, 0.2) is 35.4 Å². The molecule has 0 fully saturated rings. The molecule has 0 aliphatic rings. The van der Waals surface area contributed by atoms with Crippen LogP contribution >= 0.6 is 11.6 Å². The number of anilines is 1. The second-order valence-corrected chi connectivity index (χ2v) is 4.55. The maximum absolute atomic E-state index is 13.4. The molecule has 9 heteroatoms. The van der Waals surface area contributed by atoms with Gasteiger partial charge in [-0.25, -0.2) is 8.78 Å². The van der Waals surface area contributed by atoms with Gasteiger partial charge in [-0.15, -0.1) is 0 Å². The maximum atomic E-state index is 13.4. The fraction of sp³-hybridized carbons (Fsp3) is 0. The molecule has 6 nitrogen and oxygen atoms in total. The van der Waals surface area contributed by atoms with E-state index in [0.29, 0.717) is 6.07 Å². The van der Waals surface area contributed by atoms with Crippen LogP contribution in [0.4, 0.5) is 20.2 Å². The van der Waals surface area contributed by atoms with Crippen molar-refractivity contribution >= 4 is 29.2 Å². The summed E-state index contributed by atoms with van der Waals surface area (Å²) >= 11 is 5.71. The molecule has 0 aliphatic carbocycles. The average molecular weight is 328 g/mol. The molecule has 22 heavy (non-hydrogen) atoms. The van der Waals surface area contributed by atoms with Crippen LogP contribution in [0.25, 0.3) is 0 Å². The molecule has 2 aromatic rings. The van der Waals surface area contributed by atoms with Crippen LogP contribution in [0.1, 0.15) is 5.56 Å². The van der Waals surface area contributed by atoms with Crippen LogP contribution in [-0.2, 0) is 0 Å². The van der Waals surface area contributed by atoms with Gasteiger partial charge in [0.25, 0.3) is 0 Å². The summed E-state index contributed by atoms with van der Waals surface area (Å²) < 4.78 is 26.1. The van der Waals surface area contributed by atoms with Gasteiger partial charge in [-0.2, -0.15) is 5.10 Å². The van der Waals surface area contributed by atoms with Crippen LogP contribution in [0, 0.1) is 21.7 Å². The predicted molar refractivity (Wildman–Crippen MR) is 77.3 cm³/mol. The fourth-order valence-corrected chi connectivity index (χ4v) is 1.82. The number of nitro groups is 1. The van der Waals surface area contributed by atoms with Gasteiger partial charge in [-0.1, -0.05) is 11.6 Å². The maximum Gasteiger partial charge on any atom is 0.312 e. The van der Waals surface area contributed by atoms with Crippen molar-refractivity contribution in [3.63, 3.8) is 0 Å². The molecule has 2 aromatic carbocycles. The van der Waals surface area contributed by atoms with E-state index in [9.17, 15) is 24.0 Å². The number of halogens is 3. The van der Waals surface area contributed by atoms with Crippen molar-refractivity contribution in [1.82, 2.24) is 0 Å². The zero-order valence-corrected chi connectivity index (χ0v) is 11.5. The SMILES string of the molecule is O=[N+]([O-])c1cc(Cl)cc(/C=N/Nc2ccc(F)cc2F)c1O. The molecule has 0 aromatic heterocycles. The Morgan fingerprint density at radius 1 is 1.32 bits per heavy atom. The van der Waals surface area contributed by atoms with Crippen LogP contribution < -0.4 is 5.43 Å². The van der Waals surface area contributed by atoms with Crippen molar-refractivity contribution in [2.75, 3.05) is 5.43 Å². The van der Waals surface area contributed by atoms with Crippen LogP contribution in [0.2, 0.25) is 5.02 Å². The lowest BCUT2D eigenvalue weighted by Gasteiger charge is -2.03. The molecule has 0 saturated carbocycles. The zero-order chi connectivity index (χ0) is 16.3. The van der Waals surface area contributed by atoms with Crippen LogP contribution in [-0.4, -0.2) is 16.2 Å². The van der Waals surface area contributed by atoms with E-state index in [1.807, 2.05) is 0 Å². The Hall–Kier alpha value is -2.74. The number of nitrogens with zero attached hydrogens (tertiary/aromatic N) is 2. The summed E-state index contributed by atoms with van der Waals surface area (Å²) in [6.45, 7) is 0. The summed E-state index contributed by atoms with van der Waals surface area (Å²) in [6.07, 6.45) is 1.02. The van der Waals surface area contributed by atoms with Gasteiger partial charge in [0.15, 0.2) is 5.82 Å². The van der Waals surface area contributed by atoms with Crippen molar-refractivity contribution in [2.45, 2.75) is 0 Å². The van der Waals surface area contributed by atoms with Gasteiger partial charge in [-0.3, -0.25) is 15.5 Å². The van der Waals surface area contributed by atoms with Crippen molar-refractivity contribution in [3.8, 4) is 5.75 Å². The molecule has 0 spiro atoms. The number of nitrogens with one attached hydrogen (secondary N) is 1. The highest BCUT2D eigenvalue weighted by Gasteiger charge is 2.17. The van der Waals surface area contributed by atoms with Crippen molar-refractivity contribution < 1.29 is 18.8 Å². The lowest BCUT2D eigenvalue weighted by Crippen LogP contribution is -1.96. The van der Waals surface area contributed by atoms with Gasteiger partial charge in [0.2, 0.25) is 5.75 Å². The summed E-state index contributed by atoms with van der Waals surface area (Å²) in [6, 6.07) is 5.06. The Bertz CT molecular complexity index is 768. The number of phenols is 1. The molecule has 0 atom stereocenters. The van der Waals surface area contributed by atoms with Crippen LogP contribution in [0.3, 0.4) is 0 Å². The molecule has 0 unspecified atom stereocenters. The van der Waals surface area contributed by atoms with Crippen molar-refractivity contribution in [1.29, 1.82) is 0 Å². The van der Waals surface area contributed by atoms with E-state index < -0.39 is 28.0 Å². The molecule has 114 valence electrons. The lowest BCUT2D eigenvalue weighted by molar-refractivity contribution is -0.385. The van der Waals surface area contributed by atoms with Gasteiger partial charge >= 0.3 is 5.69 Å². The van der Waals surface area contributed by atoms with E-state index in [-0.39, 0.29) is 16.3 Å². The quantitative estimate of drug-likeness (QED) is 0.509. The van der Waals surface area contributed by atoms with Gasteiger partial charge in [-0.05, 0) is 18.2 Å². The highest BCUT2D eigenvalue weighted by molar-refractivity contribution is 6.31. The van der Waals surface area contributed by atoms with E-state index >= 15 is 0 Å². The van der Waals surface area contributed by atoms with Gasteiger partial charge in [0.1, 0.15) is 5.82 Å². The Balaban J connectivity index is 2.25. The number of nitro benzene ring substituents is 1. The summed E-state index contributed by atoms with van der Waals surface area (Å²) in [5.41, 5.74) is 1.57. The summed E-state index contributed by atoms with van der Waals surface area (Å²) in [5.74, 6) is -2.23. The standard InChI is InChI=1S/C13H8ClF2N3O3/c14-8-3-7(13(20)12(4-8)19(21)22)6-17-18-11-2-1-9(15)5-10(11)16/h1-6,18,20H/b17-6+. The second kappa shape index (κ2) is 6.35. The van der Waals surface area contributed by atoms with E-state index in [2.05, 4.69) is 10.5 Å². The van der Waals surface area contributed by atoms with Crippen molar-refractivity contribution in [2.24, 2.45) is 5.10 Å². The number of hydrogen-bond donors (Lipinski definition) is 2. The third-order valence-electron chi connectivity index (χ3n) is 2.60. The molecule has 0 amide bonds. The van der Waals surface area contributed by atoms with E-state index in [1.54, 1.807) is 0 Å². The summed E-state index contributed by atoms with van der Waals surface area (Å²) in [7, 11) is 0. The molecular formula is C13H8ClF2N3O3. The average Bonchev–Trinajstić information content (AvgIpc) is 2.44. The number of benzene rings is 2. The number of phenolic OH excluding ortho intramolecular Hbond substituents is 1. The Morgan fingerprint density at radius 2 is 2.05 bits per heavy atom. The number of hydrazone groups is 1. The highest BCUT2D eigenvalue weighted by atomic mass is 35.5. The van der Waals surface area contributed by atoms with E-state index in [0.717, 1.165) is 24.4 Å². The van der Waals surface area contributed by atoms with Gasteiger partial charge < -0.3 is 5.11 Å². The first-order valence-electron chi connectivity index (χ1n) is 5.79. The minimum Gasteiger partial charge on any atom is -0.502 e. The second-order valence-electron chi connectivity index (χ2n) is 4.11. The lowest BCUT2D eigenvalue weighted by atomic mass is 10.2. The first-order valence-corrected chi connectivity index (χ1v) is 6.17. The van der Waals surface area contributed by atoms with Crippen molar-refractivity contribution in [3.05, 3.63) is 62.7 Å². The predicted octanol–water partition coefficient (Wildman–Crippen LogP) is 3.68. The first-order chi connectivity index (χ1) is 10.4. The van der Waals surface area contributed by atoms with E-state index in [1.165, 1.54) is 6.07 Å². The molecule has 0 bridgehead atoms. The summed E-state index contributed by atoms with van der Waals surface area (Å²) in [4.78, 5) is 9.94. The number of hydrogen-bond acceptors (Lipinski definition) is 5. The first kappa shape index (κ1) is 15.6. The minimum absolute atomic E-state index is 0.0268. The normalized spacial score (nSPS) is 10.9. The minimum atomic E-state index is -0.863. The van der Waals surface area contributed by atoms with Crippen LogP contribution in [0.5, 0.6) is 5.75 Å². The Labute approximate surface area is 127 Å². The zero-order valence-electron chi connectivity index (χ0n) is 10.8. The molecule has 0 radical (unpaired) electrons. The molecule has 0 saturated heterocycles. The third kappa shape index (κ3) is 3.47. The number of rotatable bonds is 4. The topological polar surface area (TPSA) is 87.8 Å². The smallest absolute Gasteiger partial charge is 0.312 e. The highest BCUT2D eigenvalue weighted by Crippen LogP contribution is 2.32. The fourth-order valence-electron chi connectivity index (χ4n) is 1.59. The third-order valence-corrected chi connectivity index (χ3v) is 2.82. The largest absolute Gasteiger partial charge is 0.502 e. The van der Waals surface area contributed by atoms with Gasteiger partial charge in [0, 0.05) is 22.7 Å². The molecule has 0 aliphatic heterocycles. The molecular weight excluding hydrogens is 320 g/mol. The molecule has 2 N–H and O–H groups in total. The molecule has 0 heterocycles. The number of aromatic hydroxyl groups is 1. The Kier molecular flexibility index (Phi) is 4.52. The Morgan fingerprint density at radius 3 is 2.68 bits per heavy atom. The molecule has 2 rings (SSSR count).